The number of anilines is 1. The number of likely N-dealkylation sites (N-methyl/N-ethyl adjacent to an activating group) is 1. The van der Waals surface area contributed by atoms with Gasteiger partial charge in [-0.1, -0.05) is 0 Å². The number of hydrogen-bond acceptors (Lipinski definition) is 6. The molecule has 0 aromatic carbocycles. The van der Waals surface area contributed by atoms with E-state index < -0.39 is 5.97 Å². The molecule has 4 rings (SSSR count). The van der Waals surface area contributed by atoms with Crippen LogP contribution in [0.1, 0.15) is 27.9 Å². The number of pyridine rings is 1. The second kappa shape index (κ2) is 6.90. The number of ether oxygens (including phenoxy) is 1. The molecule has 0 spiro atoms. The molecule has 1 N–H and O–H groups in total. The number of aromatic nitrogens is 1. The van der Waals surface area contributed by atoms with Crippen molar-refractivity contribution in [3.63, 3.8) is 0 Å². The van der Waals surface area contributed by atoms with Gasteiger partial charge in [0.15, 0.2) is 0 Å². The lowest BCUT2D eigenvalue weighted by Crippen LogP contribution is -2.46. The van der Waals surface area contributed by atoms with E-state index >= 15 is 0 Å². The van der Waals surface area contributed by atoms with Crippen LogP contribution in [0, 0.1) is 0 Å². The molecule has 1 aromatic heterocycles. The van der Waals surface area contributed by atoms with Crippen LogP contribution in [0.2, 0.25) is 0 Å². The second-order valence-corrected chi connectivity index (χ2v) is 7.29. The zero-order valence-corrected chi connectivity index (χ0v) is 14.8. The van der Waals surface area contributed by atoms with Crippen molar-refractivity contribution >= 4 is 11.8 Å². The van der Waals surface area contributed by atoms with Crippen molar-refractivity contribution in [2.24, 2.45) is 0 Å². The van der Waals surface area contributed by atoms with Crippen LogP contribution in [0.15, 0.2) is 6.20 Å². The molecule has 2 saturated heterocycles. The lowest BCUT2D eigenvalue weighted by atomic mass is 9.94. The number of fused-ring (bicyclic) bond motifs is 1. The molecular formula is C18H26N4O3. The minimum atomic E-state index is -0.851. The first-order valence-electron chi connectivity index (χ1n) is 9.13. The van der Waals surface area contributed by atoms with Crippen LogP contribution in [0.5, 0.6) is 0 Å². The third-order valence-electron chi connectivity index (χ3n) is 5.72. The second-order valence-electron chi connectivity index (χ2n) is 7.29. The van der Waals surface area contributed by atoms with E-state index in [1.807, 2.05) is 6.20 Å². The summed E-state index contributed by atoms with van der Waals surface area (Å²) in [6.07, 6.45) is 3.74. The van der Waals surface area contributed by atoms with Gasteiger partial charge in [0, 0.05) is 58.1 Å². The summed E-state index contributed by atoms with van der Waals surface area (Å²) in [5, 5.41) is 9.87. The maximum Gasteiger partial charge on any atom is 0.339 e. The van der Waals surface area contributed by atoms with Crippen LogP contribution in [-0.4, -0.2) is 84.9 Å². The summed E-state index contributed by atoms with van der Waals surface area (Å²) < 4.78 is 5.51. The van der Waals surface area contributed by atoms with Crippen LogP contribution in [0.3, 0.4) is 0 Å². The molecule has 0 bridgehead atoms. The predicted octanol–water partition coefficient (Wildman–Crippen LogP) is 0.679. The number of rotatable bonds is 3. The monoisotopic (exact) mass is 346 g/mol. The van der Waals surface area contributed by atoms with Crippen molar-refractivity contribution in [3.8, 4) is 0 Å². The number of nitrogens with zero attached hydrogens (tertiary/aromatic N) is 4. The Morgan fingerprint density at radius 3 is 2.76 bits per heavy atom. The third-order valence-corrected chi connectivity index (χ3v) is 5.72. The lowest BCUT2D eigenvalue weighted by molar-refractivity contribution is 0.0693. The zero-order valence-electron chi connectivity index (χ0n) is 14.8. The standard InChI is InChI=1S/C18H26N4O3/c1-20-5-7-21(8-6-20)17-16(18(23)24)15-2-4-22(11-13(15)10-19-17)14-3-9-25-12-14/h10,14H,2-9,11-12H2,1H3,(H,23,24)/t14-/m1/s1. The molecule has 3 aliphatic rings. The van der Waals surface area contributed by atoms with E-state index in [1.54, 1.807) is 0 Å². The van der Waals surface area contributed by atoms with Crippen molar-refractivity contribution in [2.75, 3.05) is 57.9 Å². The largest absolute Gasteiger partial charge is 0.478 e. The highest BCUT2D eigenvalue weighted by atomic mass is 16.5. The number of carboxylic acids is 1. The molecular weight excluding hydrogens is 320 g/mol. The Labute approximate surface area is 148 Å². The minimum Gasteiger partial charge on any atom is -0.478 e. The summed E-state index contributed by atoms with van der Waals surface area (Å²) in [5.41, 5.74) is 2.46. The van der Waals surface area contributed by atoms with Crippen molar-refractivity contribution in [1.29, 1.82) is 0 Å². The number of piperazine rings is 1. The maximum atomic E-state index is 12.0. The molecule has 136 valence electrons. The van der Waals surface area contributed by atoms with Crippen LogP contribution in [0.25, 0.3) is 0 Å². The molecule has 4 heterocycles. The molecule has 0 saturated carbocycles. The van der Waals surface area contributed by atoms with Gasteiger partial charge in [-0.25, -0.2) is 9.78 Å². The third kappa shape index (κ3) is 3.23. The van der Waals surface area contributed by atoms with E-state index in [0.29, 0.717) is 17.4 Å². The quantitative estimate of drug-likeness (QED) is 0.863. The fourth-order valence-corrected chi connectivity index (χ4v) is 4.16. The van der Waals surface area contributed by atoms with Gasteiger partial charge < -0.3 is 19.6 Å². The number of hydrogen-bond donors (Lipinski definition) is 1. The molecule has 7 heteroatoms. The molecule has 0 unspecified atom stereocenters. The summed E-state index contributed by atoms with van der Waals surface area (Å²) in [6, 6.07) is 0.457. The fraction of sp³-hybridized carbons (Fsp3) is 0.667. The van der Waals surface area contributed by atoms with E-state index in [0.717, 1.165) is 76.5 Å². The molecule has 0 amide bonds. The molecule has 0 radical (unpaired) electrons. The van der Waals surface area contributed by atoms with E-state index in [2.05, 4.69) is 26.7 Å². The van der Waals surface area contributed by atoms with Gasteiger partial charge >= 0.3 is 5.97 Å². The first-order chi connectivity index (χ1) is 12.1. The van der Waals surface area contributed by atoms with Crippen molar-refractivity contribution in [3.05, 3.63) is 22.9 Å². The van der Waals surface area contributed by atoms with Crippen LogP contribution in [-0.2, 0) is 17.7 Å². The van der Waals surface area contributed by atoms with E-state index in [4.69, 9.17) is 4.74 Å². The van der Waals surface area contributed by atoms with Crippen molar-refractivity contribution in [2.45, 2.75) is 25.4 Å². The molecule has 7 nitrogen and oxygen atoms in total. The molecule has 3 aliphatic heterocycles. The van der Waals surface area contributed by atoms with Gasteiger partial charge in [-0.15, -0.1) is 0 Å². The van der Waals surface area contributed by atoms with Crippen molar-refractivity contribution in [1.82, 2.24) is 14.8 Å². The smallest absolute Gasteiger partial charge is 0.339 e. The highest BCUT2D eigenvalue weighted by Crippen LogP contribution is 2.31. The number of aromatic carboxylic acids is 1. The first kappa shape index (κ1) is 16.8. The maximum absolute atomic E-state index is 12.0. The Balaban J connectivity index is 1.62. The van der Waals surface area contributed by atoms with Crippen LogP contribution < -0.4 is 4.90 Å². The molecule has 1 atom stereocenters. The van der Waals surface area contributed by atoms with Crippen molar-refractivity contribution < 1.29 is 14.6 Å². The molecule has 25 heavy (non-hydrogen) atoms. The molecule has 1 aromatic rings. The van der Waals surface area contributed by atoms with E-state index in [-0.39, 0.29) is 0 Å². The molecule has 0 aliphatic carbocycles. The topological polar surface area (TPSA) is 69.1 Å². The van der Waals surface area contributed by atoms with Gasteiger partial charge in [0.25, 0.3) is 0 Å². The molecule has 2 fully saturated rings. The lowest BCUT2D eigenvalue weighted by Gasteiger charge is -2.36. The summed E-state index contributed by atoms with van der Waals surface area (Å²) >= 11 is 0. The summed E-state index contributed by atoms with van der Waals surface area (Å²) in [6.45, 7) is 6.82. The fourth-order valence-electron chi connectivity index (χ4n) is 4.16. The van der Waals surface area contributed by atoms with Gasteiger partial charge in [0.2, 0.25) is 0 Å². The number of carbonyl (C=O) groups is 1. The SMILES string of the molecule is CN1CCN(c2ncc3c(c2C(=O)O)CCN([C@@H]2CCOC2)C3)CC1. The Bertz CT molecular complexity index is 652. The predicted molar refractivity (Wildman–Crippen MR) is 94.2 cm³/mol. The number of carboxylic acid groups (broad SMARTS) is 1. The van der Waals surface area contributed by atoms with Gasteiger partial charge in [-0.3, -0.25) is 4.90 Å². The Morgan fingerprint density at radius 2 is 2.08 bits per heavy atom. The van der Waals surface area contributed by atoms with Gasteiger partial charge in [0.05, 0.1) is 6.61 Å². The normalized spacial score (nSPS) is 25.2. The minimum absolute atomic E-state index is 0.421. The summed E-state index contributed by atoms with van der Waals surface area (Å²) in [7, 11) is 2.09. The highest BCUT2D eigenvalue weighted by Gasteiger charge is 2.31. The highest BCUT2D eigenvalue weighted by molar-refractivity contribution is 5.95. The average Bonchev–Trinajstić information content (AvgIpc) is 3.15. The van der Waals surface area contributed by atoms with E-state index in [9.17, 15) is 9.90 Å². The van der Waals surface area contributed by atoms with Crippen LogP contribution in [0.4, 0.5) is 5.82 Å². The van der Waals surface area contributed by atoms with Gasteiger partial charge in [-0.05, 0) is 31.0 Å². The Kier molecular flexibility index (Phi) is 4.62. The Hall–Kier alpha value is -1.70. The summed E-state index contributed by atoms with van der Waals surface area (Å²) in [4.78, 5) is 23.4. The summed E-state index contributed by atoms with van der Waals surface area (Å²) in [5.74, 6) is -0.201. The Morgan fingerprint density at radius 1 is 1.28 bits per heavy atom. The average molecular weight is 346 g/mol. The first-order valence-corrected chi connectivity index (χ1v) is 9.13. The van der Waals surface area contributed by atoms with Gasteiger partial charge in [-0.2, -0.15) is 0 Å². The zero-order chi connectivity index (χ0) is 17.4. The van der Waals surface area contributed by atoms with Crippen LogP contribution >= 0.6 is 0 Å². The van der Waals surface area contributed by atoms with E-state index in [1.165, 1.54) is 0 Å². The van der Waals surface area contributed by atoms with Gasteiger partial charge in [0.1, 0.15) is 11.4 Å².